The Balaban J connectivity index is 2.15. The van der Waals surface area contributed by atoms with E-state index >= 15 is 0 Å². The number of nitrogens with one attached hydrogen (secondary N) is 1. The largest absolute Gasteiger partial charge is 0.304 e. The number of aromatic amines is 1. The smallest absolute Gasteiger partial charge is 0.265 e. The topological polar surface area (TPSA) is 63.6 Å². The minimum absolute atomic E-state index is 0.120. The van der Waals surface area contributed by atoms with Crippen LogP contribution in [0.3, 0.4) is 0 Å². The molecule has 0 bridgehead atoms. The summed E-state index contributed by atoms with van der Waals surface area (Å²) in [5, 5.41) is 4.20. The van der Waals surface area contributed by atoms with Crippen molar-refractivity contribution in [1.82, 2.24) is 19.7 Å². The van der Waals surface area contributed by atoms with Gasteiger partial charge in [0.15, 0.2) is 5.82 Å². The normalized spacial score (nSPS) is 15.0. The van der Waals surface area contributed by atoms with Crippen LogP contribution in [0.25, 0.3) is 11.5 Å². The van der Waals surface area contributed by atoms with E-state index in [0.29, 0.717) is 16.2 Å². The van der Waals surface area contributed by atoms with E-state index in [4.69, 9.17) is 0 Å². The second kappa shape index (κ2) is 4.35. The summed E-state index contributed by atoms with van der Waals surface area (Å²) in [6.45, 7) is 2.76. The summed E-state index contributed by atoms with van der Waals surface area (Å²) in [6.07, 6.45) is 3.95. The third-order valence-electron chi connectivity index (χ3n) is 3.11. The van der Waals surface area contributed by atoms with Crippen molar-refractivity contribution in [2.45, 2.75) is 32.2 Å². The fraction of sp³-hybridized carbons (Fsp3) is 0.417. The van der Waals surface area contributed by atoms with Crippen LogP contribution in [-0.4, -0.2) is 19.7 Å². The van der Waals surface area contributed by atoms with E-state index in [0.717, 1.165) is 30.8 Å². The van der Waals surface area contributed by atoms with Gasteiger partial charge in [0, 0.05) is 18.7 Å². The van der Waals surface area contributed by atoms with Gasteiger partial charge in [-0.3, -0.25) is 9.48 Å². The summed E-state index contributed by atoms with van der Waals surface area (Å²) >= 11 is 3.33. The first kappa shape index (κ1) is 11.6. The van der Waals surface area contributed by atoms with E-state index in [1.807, 2.05) is 17.7 Å². The maximum atomic E-state index is 11.9. The molecule has 2 heterocycles. The molecule has 2 aromatic rings. The number of aromatic nitrogens is 4. The zero-order valence-electron chi connectivity index (χ0n) is 9.98. The van der Waals surface area contributed by atoms with Gasteiger partial charge in [0.1, 0.15) is 10.2 Å². The van der Waals surface area contributed by atoms with Gasteiger partial charge in [-0.1, -0.05) is 0 Å². The van der Waals surface area contributed by atoms with E-state index < -0.39 is 0 Å². The van der Waals surface area contributed by atoms with Crippen molar-refractivity contribution in [3.8, 4) is 11.5 Å². The lowest BCUT2D eigenvalue weighted by Crippen LogP contribution is -2.14. The molecule has 0 spiro atoms. The Morgan fingerprint density at radius 3 is 3.00 bits per heavy atom. The van der Waals surface area contributed by atoms with Crippen LogP contribution in [0.2, 0.25) is 0 Å². The van der Waals surface area contributed by atoms with Crippen molar-refractivity contribution in [1.29, 1.82) is 0 Å². The molecule has 1 fully saturated rings. The van der Waals surface area contributed by atoms with Gasteiger partial charge in [0.25, 0.3) is 5.56 Å². The third-order valence-corrected chi connectivity index (χ3v) is 3.88. The summed E-state index contributed by atoms with van der Waals surface area (Å²) in [7, 11) is 0. The SMILES string of the molecule is CCn1nccc1-c1nc(C2CC2)c(Br)c(=O)[nH]1. The molecule has 0 radical (unpaired) electrons. The molecule has 0 aromatic carbocycles. The van der Waals surface area contributed by atoms with Crippen molar-refractivity contribution < 1.29 is 0 Å². The van der Waals surface area contributed by atoms with Gasteiger partial charge in [0.05, 0.1) is 5.69 Å². The van der Waals surface area contributed by atoms with Crippen LogP contribution in [-0.2, 0) is 6.54 Å². The van der Waals surface area contributed by atoms with E-state index in [1.54, 1.807) is 6.20 Å². The molecule has 1 saturated carbocycles. The lowest BCUT2D eigenvalue weighted by Gasteiger charge is -2.07. The standard InChI is InChI=1S/C12H13BrN4O/c1-2-17-8(5-6-14-17)11-15-10(7-3-4-7)9(13)12(18)16-11/h5-7H,2-4H2,1H3,(H,15,16,18). The Labute approximate surface area is 112 Å². The van der Waals surface area contributed by atoms with Crippen LogP contribution in [0.15, 0.2) is 21.5 Å². The van der Waals surface area contributed by atoms with Gasteiger partial charge < -0.3 is 4.98 Å². The number of rotatable bonds is 3. The highest BCUT2D eigenvalue weighted by atomic mass is 79.9. The summed E-state index contributed by atoms with van der Waals surface area (Å²) in [4.78, 5) is 19.3. The van der Waals surface area contributed by atoms with Crippen LogP contribution >= 0.6 is 15.9 Å². The van der Waals surface area contributed by atoms with E-state index in [1.165, 1.54) is 0 Å². The van der Waals surface area contributed by atoms with Crippen molar-refractivity contribution in [2.24, 2.45) is 0 Å². The highest BCUT2D eigenvalue weighted by Crippen LogP contribution is 2.41. The van der Waals surface area contributed by atoms with Gasteiger partial charge in [0.2, 0.25) is 0 Å². The summed E-state index contributed by atoms with van der Waals surface area (Å²) in [5.74, 6) is 1.03. The van der Waals surface area contributed by atoms with Crippen LogP contribution in [0, 0.1) is 0 Å². The number of H-pyrrole nitrogens is 1. The van der Waals surface area contributed by atoms with Crippen molar-refractivity contribution in [3.05, 3.63) is 32.8 Å². The lowest BCUT2D eigenvalue weighted by molar-refractivity contribution is 0.663. The highest BCUT2D eigenvalue weighted by Gasteiger charge is 2.29. The molecule has 6 heteroatoms. The minimum atomic E-state index is -0.120. The number of halogens is 1. The monoisotopic (exact) mass is 308 g/mol. The quantitative estimate of drug-likeness (QED) is 0.946. The Bertz CT molecular complexity index is 642. The van der Waals surface area contributed by atoms with Crippen molar-refractivity contribution in [2.75, 3.05) is 0 Å². The Morgan fingerprint density at radius 1 is 1.56 bits per heavy atom. The van der Waals surface area contributed by atoms with Crippen molar-refractivity contribution in [3.63, 3.8) is 0 Å². The first-order valence-corrected chi connectivity index (χ1v) is 6.82. The van der Waals surface area contributed by atoms with Crippen LogP contribution in [0.5, 0.6) is 0 Å². The number of aryl methyl sites for hydroxylation is 1. The molecule has 1 aliphatic carbocycles. The predicted octanol–water partition coefficient (Wildman–Crippen LogP) is 2.29. The van der Waals surface area contributed by atoms with E-state index in [2.05, 4.69) is 31.0 Å². The van der Waals surface area contributed by atoms with Gasteiger partial charge in [-0.15, -0.1) is 0 Å². The molecule has 0 aliphatic heterocycles. The second-order valence-electron chi connectivity index (χ2n) is 4.42. The average molecular weight is 309 g/mol. The zero-order valence-corrected chi connectivity index (χ0v) is 11.6. The van der Waals surface area contributed by atoms with Crippen LogP contribution in [0.1, 0.15) is 31.4 Å². The van der Waals surface area contributed by atoms with Crippen LogP contribution in [0.4, 0.5) is 0 Å². The fourth-order valence-electron chi connectivity index (χ4n) is 2.01. The van der Waals surface area contributed by atoms with Crippen LogP contribution < -0.4 is 5.56 Å². The maximum absolute atomic E-state index is 11.9. The van der Waals surface area contributed by atoms with Gasteiger partial charge in [-0.2, -0.15) is 5.10 Å². The molecule has 18 heavy (non-hydrogen) atoms. The Hall–Kier alpha value is -1.43. The number of nitrogens with zero attached hydrogens (tertiary/aromatic N) is 3. The second-order valence-corrected chi connectivity index (χ2v) is 5.21. The molecule has 0 atom stereocenters. The molecule has 0 unspecified atom stereocenters. The first-order chi connectivity index (χ1) is 8.70. The molecule has 2 aromatic heterocycles. The summed E-state index contributed by atoms with van der Waals surface area (Å²) < 4.78 is 2.39. The summed E-state index contributed by atoms with van der Waals surface area (Å²) in [5.41, 5.74) is 1.60. The fourth-order valence-corrected chi connectivity index (χ4v) is 2.52. The Morgan fingerprint density at radius 2 is 2.33 bits per heavy atom. The van der Waals surface area contributed by atoms with Gasteiger partial charge in [-0.25, -0.2) is 4.98 Å². The highest BCUT2D eigenvalue weighted by molar-refractivity contribution is 9.10. The molecular weight excluding hydrogens is 296 g/mol. The average Bonchev–Trinajstić information content (AvgIpc) is 3.09. The van der Waals surface area contributed by atoms with Gasteiger partial charge >= 0.3 is 0 Å². The van der Waals surface area contributed by atoms with E-state index in [-0.39, 0.29) is 5.56 Å². The molecule has 94 valence electrons. The predicted molar refractivity (Wildman–Crippen MR) is 71.4 cm³/mol. The molecule has 1 aliphatic rings. The molecular formula is C12H13BrN4O. The minimum Gasteiger partial charge on any atom is -0.304 e. The molecule has 3 rings (SSSR count). The van der Waals surface area contributed by atoms with Crippen molar-refractivity contribution >= 4 is 15.9 Å². The maximum Gasteiger partial charge on any atom is 0.265 e. The summed E-state index contributed by atoms with van der Waals surface area (Å²) in [6, 6.07) is 1.87. The number of hydrogen-bond acceptors (Lipinski definition) is 3. The number of hydrogen-bond donors (Lipinski definition) is 1. The zero-order chi connectivity index (χ0) is 12.7. The Kier molecular flexibility index (Phi) is 2.81. The third kappa shape index (κ3) is 1.90. The van der Waals surface area contributed by atoms with Gasteiger partial charge in [-0.05, 0) is 41.8 Å². The van der Waals surface area contributed by atoms with E-state index in [9.17, 15) is 4.79 Å². The first-order valence-electron chi connectivity index (χ1n) is 6.02. The molecule has 0 amide bonds. The molecule has 1 N–H and O–H groups in total. The molecule has 5 nitrogen and oxygen atoms in total. The molecule has 0 saturated heterocycles. The lowest BCUT2D eigenvalue weighted by atomic mass is 10.2.